The molecule has 0 amide bonds. The molecule has 0 N–H and O–H groups in total. The first-order valence-electron chi connectivity index (χ1n) is 15.7. The van der Waals surface area contributed by atoms with Crippen molar-refractivity contribution in [3.8, 4) is 0 Å². The van der Waals surface area contributed by atoms with Crippen molar-refractivity contribution in [3.05, 3.63) is 175 Å². The number of aliphatic imine (C=N–C) groups is 1. The van der Waals surface area contributed by atoms with Gasteiger partial charge in [0.25, 0.3) is 0 Å². The van der Waals surface area contributed by atoms with Gasteiger partial charge in [0.15, 0.2) is 0 Å². The maximum absolute atomic E-state index is 6.13. The third kappa shape index (κ3) is 10.7. The number of fused-ring (bicyclic) bond motifs is 1. The Balaban J connectivity index is 0.000000501. The molecular formula is C42H45NO2. The summed E-state index contributed by atoms with van der Waals surface area (Å²) in [5, 5.41) is 2.30. The SMILES string of the molecule is C=C/C(=C\C=C1\C=CC(C)CC1=C)C(=C)OCCOC(=Nc1ccccc1)c1ccc2ccccc2c1.CC1=CC=CCCC1. The van der Waals surface area contributed by atoms with Gasteiger partial charge in [-0.3, -0.25) is 0 Å². The predicted molar refractivity (Wildman–Crippen MR) is 193 cm³/mol. The molecule has 0 bridgehead atoms. The van der Waals surface area contributed by atoms with E-state index in [4.69, 9.17) is 14.5 Å². The molecule has 1 unspecified atom stereocenters. The van der Waals surface area contributed by atoms with Crippen LogP contribution in [0, 0.1) is 5.92 Å². The van der Waals surface area contributed by atoms with E-state index in [2.05, 4.69) is 88.2 Å². The quantitative estimate of drug-likeness (QED) is 0.0810. The monoisotopic (exact) mass is 595 g/mol. The lowest BCUT2D eigenvalue weighted by Gasteiger charge is -2.16. The fourth-order valence-electron chi connectivity index (χ4n) is 5.01. The third-order valence-electron chi connectivity index (χ3n) is 7.61. The van der Waals surface area contributed by atoms with Gasteiger partial charge in [-0.05, 0) is 84.7 Å². The lowest BCUT2D eigenvalue weighted by Crippen LogP contribution is -2.12. The van der Waals surface area contributed by atoms with Crippen molar-refractivity contribution in [2.45, 2.75) is 39.5 Å². The number of benzene rings is 3. The Morgan fingerprint density at radius 2 is 1.73 bits per heavy atom. The highest BCUT2D eigenvalue weighted by molar-refractivity contribution is 5.99. The Bertz CT molecular complexity index is 1660. The van der Waals surface area contributed by atoms with Gasteiger partial charge in [-0.25, -0.2) is 4.99 Å². The summed E-state index contributed by atoms with van der Waals surface area (Å²) in [6, 6.07) is 24.2. The van der Waals surface area contributed by atoms with E-state index in [0.717, 1.165) is 39.8 Å². The lowest BCUT2D eigenvalue weighted by molar-refractivity contribution is 0.157. The van der Waals surface area contributed by atoms with Crippen LogP contribution < -0.4 is 0 Å². The maximum Gasteiger partial charge on any atom is 0.221 e. The molecule has 0 saturated heterocycles. The van der Waals surface area contributed by atoms with Crippen LogP contribution in [0.1, 0.15) is 45.1 Å². The summed E-state index contributed by atoms with van der Waals surface area (Å²) in [5.74, 6) is 1.62. The van der Waals surface area contributed by atoms with Crippen molar-refractivity contribution in [1.29, 1.82) is 0 Å². The molecule has 45 heavy (non-hydrogen) atoms. The van der Waals surface area contributed by atoms with Crippen LogP contribution >= 0.6 is 0 Å². The molecule has 0 saturated carbocycles. The van der Waals surface area contributed by atoms with Crippen LogP contribution in [0.15, 0.2) is 174 Å². The second kappa shape index (κ2) is 17.4. The predicted octanol–water partition coefficient (Wildman–Crippen LogP) is 11.3. The number of para-hydroxylation sites is 1. The average molecular weight is 596 g/mol. The Morgan fingerprint density at radius 1 is 0.978 bits per heavy atom. The van der Waals surface area contributed by atoms with Gasteiger partial charge in [0.2, 0.25) is 5.90 Å². The summed E-state index contributed by atoms with van der Waals surface area (Å²) in [7, 11) is 0. The minimum atomic E-state index is 0.320. The van der Waals surface area contributed by atoms with Gasteiger partial charge in [-0.15, -0.1) is 0 Å². The highest BCUT2D eigenvalue weighted by atomic mass is 16.5. The topological polar surface area (TPSA) is 30.8 Å². The fraction of sp³-hybridized carbons (Fsp3) is 0.214. The number of hydrogen-bond acceptors (Lipinski definition) is 3. The summed E-state index contributed by atoms with van der Waals surface area (Å²) in [6.45, 7) is 17.2. The van der Waals surface area contributed by atoms with Crippen molar-refractivity contribution in [2.24, 2.45) is 10.9 Å². The van der Waals surface area contributed by atoms with E-state index in [0.29, 0.717) is 30.8 Å². The summed E-state index contributed by atoms with van der Waals surface area (Å²) < 4.78 is 12.0. The first kappa shape index (κ1) is 33.0. The lowest BCUT2D eigenvalue weighted by atomic mass is 9.89. The Labute approximate surface area is 269 Å². The molecule has 3 aromatic carbocycles. The van der Waals surface area contributed by atoms with Crippen LogP contribution in [0.5, 0.6) is 0 Å². The van der Waals surface area contributed by atoms with Gasteiger partial charge >= 0.3 is 0 Å². The van der Waals surface area contributed by atoms with Gasteiger partial charge in [0.05, 0.1) is 5.69 Å². The van der Waals surface area contributed by atoms with Crippen LogP contribution in [0.3, 0.4) is 0 Å². The fourth-order valence-corrected chi connectivity index (χ4v) is 5.01. The zero-order valence-electron chi connectivity index (χ0n) is 26.8. The number of rotatable bonds is 9. The molecule has 0 aromatic heterocycles. The minimum absolute atomic E-state index is 0.320. The second-order valence-corrected chi connectivity index (χ2v) is 11.4. The van der Waals surface area contributed by atoms with Crippen molar-refractivity contribution >= 4 is 22.4 Å². The molecule has 1 atom stereocenters. The van der Waals surface area contributed by atoms with E-state index in [9.17, 15) is 0 Å². The third-order valence-corrected chi connectivity index (χ3v) is 7.61. The van der Waals surface area contributed by atoms with Gasteiger partial charge in [0.1, 0.15) is 19.0 Å². The second-order valence-electron chi connectivity index (χ2n) is 11.4. The highest BCUT2D eigenvalue weighted by Crippen LogP contribution is 2.26. The first-order valence-corrected chi connectivity index (χ1v) is 15.7. The zero-order chi connectivity index (χ0) is 31.9. The van der Waals surface area contributed by atoms with Gasteiger partial charge in [-0.1, -0.05) is 129 Å². The molecule has 0 heterocycles. The van der Waals surface area contributed by atoms with Crippen molar-refractivity contribution in [3.63, 3.8) is 0 Å². The van der Waals surface area contributed by atoms with Crippen LogP contribution in [-0.2, 0) is 9.47 Å². The number of ether oxygens (including phenoxy) is 2. The van der Waals surface area contributed by atoms with Crippen molar-refractivity contribution < 1.29 is 9.47 Å². The van der Waals surface area contributed by atoms with Crippen molar-refractivity contribution in [2.75, 3.05) is 13.2 Å². The largest absolute Gasteiger partial charge is 0.490 e. The molecular weight excluding hydrogens is 550 g/mol. The van der Waals surface area contributed by atoms with Gasteiger partial charge in [0, 0.05) is 11.1 Å². The van der Waals surface area contributed by atoms with Crippen LogP contribution in [0.25, 0.3) is 10.8 Å². The number of nitrogens with zero attached hydrogens (tertiary/aromatic N) is 1. The Morgan fingerprint density at radius 3 is 2.51 bits per heavy atom. The highest BCUT2D eigenvalue weighted by Gasteiger charge is 2.11. The van der Waals surface area contributed by atoms with Crippen molar-refractivity contribution in [1.82, 2.24) is 0 Å². The van der Waals surface area contributed by atoms with E-state index in [1.165, 1.54) is 30.2 Å². The molecule has 2 aliphatic rings. The van der Waals surface area contributed by atoms with Crippen LogP contribution in [0.4, 0.5) is 5.69 Å². The smallest absolute Gasteiger partial charge is 0.221 e. The average Bonchev–Trinajstić information content (AvgIpc) is 3.31. The van der Waals surface area contributed by atoms with E-state index in [1.807, 2.05) is 60.7 Å². The van der Waals surface area contributed by atoms with Gasteiger partial charge < -0.3 is 9.47 Å². The molecule has 0 spiro atoms. The Kier molecular flexibility index (Phi) is 12.8. The molecule has 0 aliphatic heterocycles. The zero-order valence-corrected chi connectivity index (χ0v) is 26.8. The maximum atomic E-state index is 6.13. The molecule has 2 aliphatic carbocycles. The summed E-state index contributed by atoms with van der Waals surface area (Å²) in [5.41, 5.74) is 6.32. The summed E-state index contributed by atoms with van der Waals surface area (Å²) >= 11 is 0. The molecule has 0 radical (unpaired) electrons. The van der Waals surface area contributed by atoms with E-state index in [1.54, 1.807) is 6.08 Å². The summed E-state index contributed by atoms with van der Waals surface area (Å²) in [4.78, 5) is 4.76. The normalized spacial score (nSPS) is 17.6. The van der Waals surface area contributed by atoms with Crippen LogP contribution in [0.2, 0.25) is 0 Å². The molecule has 3 heteroatoms. The van der Waals surface area contributed by atoms with E-state index < -0.39 is 0 Å². The Hall–Kier alpha value is -4.89. The summed E-state index contributed by atoms with van der Waals surface area (Å²) in [6.07, 6.45) is 21.5. The van der Waals surface area contributed by atoms with E-state index in [-0.39, 0.29) is 0 Å². The number of allylic oxidation sites excluding steroid dienone is 11. The first-order chi connectivity index (χ1) is 21.9. The standard InChI is InChI=1S/C34H33NO2.C8H12/c1-5-28(17-18-29-16-15-25(2)23-26(29)3)27(4)36-21-22-37-34(35-33-13-7-6-8-14-33)32-20-19-30-11-9-10-12-31(30)24-32;1-8-6-4-2-3-5-7-8/h5-20,24-25H,1,3-4,21-23H2,2H3;2,4,6H,3,5,7H2,1H3/b28-17+,29-18-,35-34?;. The molecule has 5 rings (SSSR count). The number of hydrogen-bond donors (Lipinski definition) is 0. The van der Waals surface area contributed by atoms with Crippen LogP contribution in [-0.4, -0.2) is 19.1 Å². The molecule has 3 nitrogen and oxygen atoms in total. The minimum Gasteiger partial charge on any atom is -0.490 e. The van der Waals surface area contributed by atoms with Gasteiger partial charge in [-0.2, -0.15) is 0 Å². The van der Waals surface area contributed by atoms with E-state index >= 15 is 0 Å². The molecule has 3 aromatic rings. The molecule has 230 valence electrons. The molecule has 0 fully saturated rings.